The van der Waals surface area contributed by atoms with E-state index in [0.717, 1.165) is 50.1 Å². The molecule has 0 aliphatic carbocycles. The van der Waals surface area contributed by atoms with Crippen molar-refractivity contribution >= 4 is 60.5 Å². The Bertz CT molecular complexity index is 3230. The number of hydrogen-bond donors (Lipinski definition) is 0. The molecule has 2 nitrogen and oxygen atoms in total. The topological polar surface area (TPSA) is 16.4 Å². The highest BCUT2D eigenvalue weighted by atomic mass is 16.3. The minimum Gasteiger partial charge on any atom is -0.455 e. The first-order valence-corrected chi connectivity index (χ1v) is 19.8. The van der Waals surface area contributed by atoms with Gasteiger partial charge in [0.25, 0.3) is 0 Å². The zero-order valence-corrected chi connectivity index (χ0v) is 31.7. The summed E-state index contributed by atoms with van der Waals surface area (Å²) in [4.78, 5) is 2.34. The van der Waals surface area contributed by atoms with Crippen LogP contribution in [0.15, 0.2) is 229 Å². The normalized spacial score (nSPS) is 11.4. The maximum Gasteiger partial charge on any atom is 0.143 e. The van der Waals surface area contributed by atoms with Crippen molar-refractivity contribution in [1.29, 1.82) is 0 Å². The minimum atomic E-state index is 0.906. The zero-order chi connectivity index (χ0) is 38.4. The van der Waals surface area contributed by atoms with Gasteiger partial charge in [0, 0.05) is 33.4 Å². The Labute approximate surface area is 337 Å². The van der Waals surface area contributed by atoms with Crippen molar-refractivity contribution in [2.24, 2.45) is 0 Å². The van der Waals surface area contributed by atoms with E-state index in [4.69, 9.17) is 4.42 Å². The highest BCUT2D eigenvalue weighted by Gasteiger charge is 2.16. The van der Waals surface area contributed by atoms with Crippen molar-refractivity contribution in [1.82, 2.24) is 0 Å². The molecule has 2 heteroatoms. The third-order valence-corrected chi connectivity index (χ3v) is 11.5. The predicted molar refractivity (Wildman–Crippen MR) is 245 cm³/mol. The number of hydrogen-bond acceptors (Lipinski definition) is 2. The van der Waals surface area contributed by atoms with Crippen LogP contribution in [-0.2, 0) is 0 Å². The molecule has 0 radical (unpaired) electrons. The van der Waals surface area contributed by atoms with Gasteiger partial charge in [-0.25, -0.2) is 0 Å². The number of furan rings is 1. The van der Waals surface area contributed by atoms with Crippen molar-refractivity contribution < 1.29 is 4.42 Å². The quantitative estimate of drug-likeness (QED) is 0.151. The smallest absolute Gasteiger partial charge is 0.143 e. The average Bonchev–Trinajstić information content (AvgIpc) is 3.69. The molecule has 0 saturated heterocycles. The molecule has 58 heavy (non-hydrogen) atoms. The molecule has 0 saturated carbocycles. The molecule has 1 aromatic heterocycles. The van der Waals surface area contributed by atoms with Crippen LogP contribution < -0.4 is 4.90 Å². The van der Waals surface area contributed by atoms with Crippen LogP contribution in [-0.4, -0.2) is 0 Å². The molecule has 10 aromatic carbocycles. The predicted octanol–water partition coefficient (Wildman–Crippen LogP) is 16.0. The summed E-state index contributed by atoms with van der Waals surface area (Å²) in [7, 11) is 0. The van der Waals surface area contributed by atoms with Crippen LogP contribution in [0, 0.1) is 0 Å². The van der Waals surface area contributed by atoms with E-state index in [9.17, 15) is 0 Å². The van der Waals surface area contributed by atoms with Gasteiger partial charge in [-0.05, 0) is 109 Å². The molecule has 1 heterocycles. The third-order valence-electron chi connectivity index (χ3n) is 11.5. The summed E-state index contributed by atoms with van der Waals surface area (Å²) in [6, 6.07) is 80.6. The van der Waals surface area contributed by atoms with Crippen molar-refractivity contribution in [3.63, 3.8) is 0 Å². The first kappa shape index (κ1) is 33.6. The Balaban J connectivity index is 0.955. The molecule has 0 aliphatic rings. The molecule has 272 valence electrons. The fourth-order valence-electron chi connectivity index (χ4n) is 8.50. The first-order chi connectivity index (χ1) is 28.7. The van der Waals surface area contributed by atoms with Crippen LogP contribution in [0.1, 0.15) is 0 Å². The van der Waals surface area contributed by atoms with Crippen LogP contribution in [0.5, 0.6) is 0 Å². The maximum absolute atomic E-state index is 6.41. The van der Waals surface area contributed by atoms with Crippen molar-refractivity contribution in [3.05, 3.63) is 224 Å². The fraction of sp³-hybridized carbons (Fsp3) is 0. The van der Waals surface area contributed by atoms with E-state index in [1.807, 2.05) is 12.1 Å². The molecule has 11 aromatic rings. The van der Waals surface area contributed by atoms with Crippen molar-refractivity contribution in [2.45, 2.75) is 0 Å². The van der Waals surface area contributed by atoms with Crippen LogP contribution in [0.4, 0.5) is 17.1 Å². The zero-order valence-electron chi connectivity index (χ0n) is 31.7. The lowest BCUT2D eigenvalue weighted by Gasteiger charge is -2.26. The van der Waals surface area contributed by atoms with E-state index in [0.29, 0.717) is 0 Å². The lowest BCUT2D eigenvalue weighted by molar-refractivity contribution is 0.670. The van der Waals surface area contributed by atoms with E-state index in [1.54, 1.807) is 0 Å². The lowest BCUT2D eigenvalue weighted by atomic mass is 9.97. The Morgan fingerprint density at radius 3 is 1.41 bits per heavy atom. The molecule has 0 bridgehead atoms. The van der Waals surface area contributed by atoms with E-state index < -0.39 is 0 Å². The fourth-order valence-corrected chi connectivity index (χ4v) is 8.50. The van der Waals surface area contributed by atoms with Gasteiger partial charge in [0.1, 0.15) is 11.2 Å². The average molecular weight is 740 g/mol. The van der Waals surface area contributed by atoms with Gasteiger partial charge in [-0.3, -0.25) is 0 Å². The van der Waals surface area contributed by atoms with Crippen LogP contribution in [0.25, 0.3) is 88.0 Å². The number of rotatable bonds is 7. The number of fused-ring (bicyclic) bond motifs is 6. The third kappa shape index (κ3) is 6.00. The van der Waals surface area contributed by atoms with Gasteiger partial charge in [-0.1, -0.05) is 176 Å². The summed E-state index contributed by atoms with van der Waals surface area (Å²) in [6.07, 6.45) is 0. The SMILES string of the molecule is c1ccc(-c2ccc(-c3ccc(N(c4ccc(-c5ccc6c(ccc7ccccc76)c5)cc4)c4ccc(-c5cccc6c5oc5ccccc56)cc4)cc3)cc2)cc1. The van der Waals surface area contributed by atoms with Crippen LogP contribution >= 0.6 is 0 Å². The summed E-state index contributed by atoms with van der Waals surface area (Å²) < 4.78 is 6.41. The van der Waals surface area contributed by atoms with Crippen molar-refractivity contribution in [3.8, 4) is 44.5 Å². The monoisotopic (exact) mass is 739 g/mol. The summed E-state index contributed by atoms with van der Waals surface area (Å²) in [5.74, 6) is 0. The molecule has 0 N–H and O–H groups in total. The molecule has 0 spiro atoms. The Kier molecular flexibility index (Phi) is 8.19. The highest BCUT2D eigenvalue weighted by Crippen LogP contribution is 2.40. The molecular weight excluding hydrogens is 703 g/mol. The lowest BCUT2D eigenvalue weighted by Crippen LogP contribution is -2.09. The number of para-hydroxylation sites is 2. The second kappa shape index (κ2) is 14.1. The van der Waals surface area contributed by atoms with Gasteiger partial charge in [-0.15, -0.1) is 0 Å². The van der Waals surface area contributed by atoms with Gasteiger partial charge in [-0.2, -0.15) is 0 Å². The summed E-state index contributed by atoms with van der Waals surface area (Å²) in [5, 5.41) is 7.34. The van der Waals surface area contributed by atoms with Crippen molar-refractivity contribution in [2.75, 3.05) is 4.90 Å². The van der Waals surface area contributed by atoms with Gasteiger partial charge in [0.2, 0.25) is 0 Å². The largest absolute Gasteiger partial charge is 0.455 e. The molecule has 0 unspecified atom stereocenters. The highest BCUT2D eigenvalue weighted by molar-refractivity contribution is 6.10. The number of nitrogens with zero attached hydrogens (tertiary/aromatic N) is 1. The van der Waals surface area contributed by atoms with E-state index in [2.05, 4.69) is 217 Å². The van der Waals surface area contributed by atoms with Gasteiger partial charge >= 0.3 is 0 Å². The molecule has 11 rings (SSSR count). The second-order valence-corrected chi connectivity index (χ2v) is 14.9. The van der Waals surface area contributed by atoms with Gasteiger partial charge in [0.15, 0.2) is 0 Å². The molecule has 0 fully saturated rings. The minimum absolute atomic E-state index is 0.906. The maximum atomic E-state index is 6.41. The van der Waals surface area contributed by atoms with E-state index in [-0.39, 0.29) is 0 Å². The second-order valence-electron chi connectivity index (χ2n) is 14.9. The standard InChI is InChI=1S/C56H37NO/c1-2-9-38(10-3-1)39-17-19-40(20-18-39)41-23-30-47(31-24-41)57(49-34-27-44(28-35-49)52-14-8-15-54-53-13-6-7-16-55(53)58-56(52)54)48-32-25-42(26-33-48)45-29-36-51-46(37-45)22-21-43-11-4-5-12-50(43)51/h1-37H. The van der Waals surface area contributed by atoms with Gasteiger partial charge in [0.05, 0.1) is 0 Å². The molecule has 0 amide bonds. The Morgan fingerprint density at radius 2 is 0.741 bits per heavy atom. The van der Waals surface area contributed by atoms with Crippen LogP contribution in [0.3, 0.4) is 0 Å². The number of anilines is 3. The Morgan fingerprint density at radius 1 is 0.276 bits per heavy atom. The summed E-state index contributed by atoms with van der Waals surface area (Å²) in [5.41, 5.74) is 14.5. The van der Waals surface area contributed by atoms with Crippen LogP contribution in [0.2, 0.25) is 0 Å². The Hall–Kier alpha value is -7.68. The molecule has 0 aliphatic heterocycles. The van der Waals surface area contributed by atoms with Gasteiger partial charge < -0.3 is 9.32 Å². The number of benzene rings is 10. The van der Waals surface area contributed by atoms with E-state index in [1.165, 1.54) is 54.9 Å². The summed E-state index contributed by atoms with van der Waals surface area (Å²) in [6.45, 7) is 0. The summed E-state index contributed by atoms with van der Waals surface area (Å²) >= 11 is 0. The van der Waals surface area contributed by atoms with E-state index >= 15 is 0 Å². The first-order valence-electron chi connectivity index (χ1n) is 19.8. The molecule has 0 atom stereocenters. The molecular formula is C56H37NO.